The molecule has 0 bridgehead atoms. The fraction of sp³-hybridized carbons (Fsp3) is 0.407. The average Bonchev–Trinajstić information content (AvgIpc) is 2.91. The SMILES string of the molecule is CC(C)(C)OC[C@H](NC(=O)N(N)Cc1ccccc1)C(=O)NCC(=O)NNCCC(=O)OCc1ccccc1. The molecule has 212 valence electrons. The van der Waals surface area contributed by atoms with Crippen molar-refractivity contribution in [3.05, 3.63) is 71.8 Å². The third kappa shape index (κ3) is 13.4. The van der Waals surface area contributed by atoms with E-state index in [4.69, 9.17) is 15.3 Å². The maximum absolute atomic E-state index is 12.8. The number of esters is 1. The van der Waals surface area contributed by atoms with Crippen LogP contribution in [-0.2, 0) is 37.0 Å². The zero-order chi connectivity index (χ0) is 28.7. The normalized spacial score (nSPS) is 11.7. The first-order valence-electron chi connectivity index (χ1n) is 12.5. The fourth-order valence-corrected chi connectivity index (χ4v) is 3.07. The number of benzene rings is 2. The maximum Gasteiger partial charge on any atom is 0.332 e. The molecule has 0 spiro atoms. The van der Waals surface area contributed by atoms with Gasteiger partial charge in [-0.2, -0.15) is 0 Å². The average molecular weight is 543 g/mol. The highest BCUT2D eigenvalue weighted by atomic mass is 16.5. The summed E-state index contributed by atoms with van der Waals surface area (Å²) in [7, 11) is 0. The highest BCUT2D eigenvalue weighted by Gasteiger charge is 2.25. The van der Waals surface area contributed by atoms with Crippen molar-refractivity contribution in [2.75, 3.05) is 19.7 Å². The van der Waals surface area contributed by atoms with Gasteiger partial charge in [-0.15, -0.1) is 0 Å². The van der Waals surface area contributed by atoms with Crippen molar-refractivity contribution < 1.29 is 28.7 Å². The van der Waals surface area contributed by atoms with Gasteiger partial charge in [0.25, 0.3) is 5.91 Å². The van der Waals surface area contributed by atoms with Crippen molar-refractivity contribution in [3.63, 3.8) is 0 Å². The van der Waals surface area contributed by atoms with Gasteiger partial charge in [-0.05, 0) is 31.9 Å². The van der Waals surface area contributed by atoms with Crippen LogP contribution in [0.1, 0.15) is 38.3 Å². The molecule has 12 nitrogen and oxygen atoms in total. The summed E-state index contributed by atoms with van der Waals surface area (Å²) in [5.41, 5.74) is 6.12. The summed E-state index contributed by atoms with van der Waals surface area (Å²) in [6, 6.07) is 16.6. The number of nitrogens with two attached hydrogens (primary N) is 1. The Morgan fingerprint density at radius 3 is 2.18 bits per heavy atom. The van der Waals surface area contributed by atoms with E-state index >= 15 is 0 Å². The van der Waals surface area contributed by atoms with Crippen molar-refractivity contribution >= 4 is 23.8 Å². The van der Waals surface area contributed by atoms with Gasteiger partial charge in [0.1, 0.15) is 12.6 Å². The van der Waals surface area contributed by atoms with Crippen molar-refractivity contribution in [3.8, 4) is 0 Å². The van der Waals surface area contributed by atoms with Crippen LogP contribution >= 0.6 is 0 Å². The van der Waals surface area contributed by atoms with Crippen molar-refractivity contribution in [2.24, 2.45) is 5.84 Å². The highest BCUT2D eigenvalue weighted by molar-refractivity contribution is 5.90. The molecule has 0 fully saturated rings. The molecule has 0 aliphatic rings. The van der Waals surface area contributed by atoms with Crippen molar-refractivity contribution in [2.45, 2.75) is 52.0 Å². The lowest BCUT2D eigenvalue weighted by Gasteiger charge is -2.26. The van der Waals surface area contributed by atoms with E-state index in [2.05, 4.69) is 21.5 Å². The van der Waals surface area contributed by atoms with Crippen molar-refractivity contribution in [1.82, 2.24) is 26.5 Å². The number of hydrazine groups is 2. The number of nitrogens with zero attached hydrogens (tertiary/aromatic N) is 1. The number of nitrogens with one attached hydrogen (secondary N) is 4. The van der Waals surface area contributed by atoms with Gasteiger partial charge in [-0.3, -0.25) is 24.8 Å². The van der Waals surface area contributed by atoms with Gasteiger partial charge in [0.2, 0.25) is 5.91 Å². The van der Waals surface area contributed by atoms with Gasteiger partial charge in [-0.1, -0.05) is 60.7 Å². The van der Waals surface area contributed by atoms with Crippen LogP contribution in [0.2, 0.25) is 0 Å². The first-order chi connectivity index (χ1) is 18.5. The molecule has 12 heteroatoms. The third-order valence-corrected chi connectivity index (χ3v) is 5.10. The molecule has 0 saturated carbocycles. The molecular formula is C27H38N6O6. The zero-order valence-corrected chi connectivity index (χ0v) is 22.6. The topological polar surface area (TPSA) is 164 Å². The molecule has 0 saturated heterocycles. The van der Waals surface area contributed by atoms with Gasteiger partial charge in [0.15, 0.2) is 0 Å². The molecule has 2 rings (SSSR count). The van der Waals surface area contributed by atoms with Crippen LogP contribution in [0.5, 0.6) is 0 Å². The first-order valence-corrected chi connectivity index (χ1v) is 12.5. The quantitative estimate of drug-likeness (QED) is 0.0779. The standard InChI is InChI=1S/C27H38N6O6/c1-27(2,3)39-19-22(31-26(37)33(28)17-20-10-6-4-7-11-20)25(36)29-16-23(34)32-30-15-14-24(35)38-18-21-12-8-5-9-13-21/h4-13,22,30H,14-19,28H2,1-3H3,(H,29,36)(H,31,37)(H,32,34)/t22-/m0/s1. The Morgan fingerprint density at radius 2 is 1.56 bits per heavy atom. The molecule has 2 aromatic rings. The summed E-state index contributed by atoms with van der Waals surface area (Å²) in [5, 5.41) is 5.96. The Kier molecular flexibility index (Phi) is 12.9. The minimum absolute atomic E-state index is 0.0380. The Balaban J connectivity index is 1.74. The Hall–Kier alpha value is -4.00. The number of carbonyl (C=O) groups is 4. The third-order valence-electron chi connectivity index (χ3n) is 5.10. The number of amides is 4. The number of ether oxygens (including phenoxy) is 2. The number of rotatable bonds is 14. The maximum atomic E-state index is 12.8. The Bertz CT molecular complexity index is 1060. The Morgan fingerprint density at radius 1 is 0.949 bits per heavy atom. The van der Waals surface area contributed by atoms with Crippen LogP contribution in [0.15, 0.2) is 60.7 Å². The van der Waals surface area contributed by atoms with Crippen LogP contribution < -0.4 is 27.3 Å². The number of hydrogen-bond acceptors (Lipinski definition) is 8. The molecule has 0 heterocycles. The van der Waals surface area contributed by atoms with Gasteiger partial charge in [0.05, 0.1) is 31.7 Å². The van der Waals surface area contributed by atoms with E-state index in [9.17, 15) is 19.2 Å². The first kappa shape index (κ1) is 31.2. The van der Waals surface area contributed by atoms with E-state index < -0.39 is 35.5 Å². The lowest BCUT2D eigenvalue weighted by atomic mass is 10.2. The summed E-state index contributed by atoms with van der Waals surface area (Å²) in [6.07, 6.45) is 0.0380. The molecule has 0 unspecified atom stereocenters. The highest BCUT2D eigenvalue weighted by Crippen LogP contribution is 2.08. The van der Waals surface area contributed by atoms with Crippen LogP contribution in [0.25, 0.3) is 0 Å². The predicted molar refractivity (Wildman–Crippen MR) is 144 cm³/mol. The van der Waals surface area contributed by atoms with Gasteiger partial charge in [-0.25, -0.2) is 16.1 Å². The van der Waals surface area contributed by atoms with Gasteiger partial charge < -0.3 is 20.1 Å². The lowest BCUT2D eigenvalue weighted by molar-refractivity contribution is -0.145. The predicted octanol–water partition coefficient (Wildman–Crippen LogP) is 1.13. The fourth-order valence-electron chi connectivity index (χ4n) is 3.07. The van der Waals surface area contributed by atoms with Crippen LogP contribution in [0.4, 0.5) is 4.79 Å². The van der Waals surface area contributed by atoms with Gasteiger partial charge in [0, 0.05) is 6.54 Å². The van der Waals surface area contributed by atoms with E-state index in [1.54, 1.807) is 0 Å². The van der Waals surface area contributed by atoms with E-state index in [1.165, 1.54) is 0 Å². The second-order valence-corrected chi connectivity index (χ2v) is 9.63. The molecule has 0 aliphatic carbocycles. The summed E-state index contributed by atoms with van der Waals surface area (Å²) in [4.78, 5) is 49.3. The molecule has 6 N–H and O–H groups in total. The molecule has 39 heavy (non-hydrogen) atoms. The van der Waals surface area contributed by atoms with E-state index in [-0.39, 0.29) is 39.3 Å². The van der Waals surface area contributed by atoms with Crippen LogP contribution in [0.3, 0.4) is 0 Å². The Labute approximate surface area is 228 Å². The van der Waals surface area contributed by atoms with Crippen LogP contribution in [0, 0.1) is 0 Å². The number of carbonyl (C=O) groups excluding carboxylic acids is 4. The zero-order valence-electron chi connectivity index (χ0n) is 22.6. The van der Waals surface area contributed by atoms with E-state index in [1.807, 2.05) is 81.4 Å². The molecule has 0 radical (unpaired) electrons. The summed E-state index contributed by atoms with van der Waals surface area (Å²) in [5.74, 6) is 4.29. The summed E-state index contributed by atoms with van der Waals surface area (Å²) < 4.78 is 10.8. The van der Waals surface area contributed by atoms with Gasteiger partial charge >= 0.3 is 12.0 Å². The summed E-state index contributed by atoms with van der Waals surface area (Å²) >= 11 is 0. The van der Waals surface area contributed by atoms with Crippen molar-refractivity contribution in [1.29, 1.82) is 0 Å². The molecule has 0 aliphatic heterocycles. The number of hydrogen-bond donors (Lipinski definition) is 5. The minimum Gasteiger partial charge on any atom is -0.461 e. The number of urea groups is 1. The molecule has 2 aromatic carbocycles. The largest absolute Gasteiger partial charge is 0.461 e. The second kappa shape index (κ2) is 16.1. The lowest BCUT2D eigenvalue weighted by Crippen LogP contribution is -2.56. The van der Waals surface area contributed by atoms with Crippen LogP contribution in [-0.4, -0.2) is 60.2 Å². The summed E-state index contributed by atoms with van der Waals surface area (Å²) in [6.45, 7) is 5.37. The minimum atomic E-state index is -1.10. The molecule has 4 amide bonds. The van der Waals surface area contributed by atoms with E-state index in [0.717, 1.165) is 16.1 Å². The molecular weight excluding hydrogens is 504 g/mol. The second-order valence-electron chi connectivity index (χ2n) is 9.63. The molecule has 1 atom stereocenters. The van der Waals surface area contributed by atoms with E-state index in [0.29, 0.717) is 0 Å². The monoisotopic (exact) mass is 542 g/mol. The molecule has 0 aromatic heterocycles. The smallest absolute Gasteiger partial charge is 0.332 e.